The van der Waals surface area contributed by atoms with Gasteiger partial charge in [0.1, 0.15) is 32.2 Å². The third-order valence-corrected chi connectivity index (χ3v) is 31.8. The Morgan fingerprint density at radius 3 is 1.05 bits per heavy atom. The van der Waals surface area contributed by atoms with Crippen LogP contribution in [0.1, 0.15) is 109 Å². The Morgan fingerprint density at radius 2 is 0.674 bits per heavy atom. The number of benzene rings is 1. The van der Waals surface area contributed by atoms with Gasteiger partial charge < -0.3 is 37.0 Å². The number of carbonyl (C=O) groups is 2. The first-order chi connectivity index (χ1) is 44.8. The van der Waals surface area contributed by atoms with Gasteiger partial charge in [-0.1, -0.05) is 44.9 Å². The number of hydrogen-bond donors (Lipinski definition) is 0. The van der Waals surface area contributed by atoms with Crippen LogP contribution >= 0.6 is 129 Å². The molecular weight excluding hydrogens is 1390 g/mol. The molecule has 0 aliphatic carbocycles. The second-order valence-electron chi connectivity index (χ2n) is 20.6. The Morgan fingerprint density at radius 1 is 0.348 bits per heavy atom. The summed E-state index contributed by atoms with van der Waals surface area (Å²) in [5, 5.41) is 0. The lowest BCUT2D eigenvalue weighted by Gasteiger charge is -2.14. The van der Waals surface area contributed by atoms with Crippen molar-refractivity contribution in [2.24, 2.45) is 0 Å². The first-order valence-electron chi connectivity index (χ1n) is 30.2. The molecule has 0 aliphatic rings. The van der Waals surface area contributed by atoms with E-state index in [-0.39, 0.29) is 13.2 Å². The van der Waals surface area contributed by atoms with E-state index in [1.165, 1.54) is 45.3 Å². The summed E-state index contributed by atoms with van der Waals surface area (Å²) in [5.41, 5.74) is 3.83. The Kier molecular flexibility index (Phi) is 24.2. The molecule has 0 aliphatic heterocycles. The van der Waals surface area contributed by atoms with E-state index in [1.54, 1.807) is 68.0 Å². The third-order valence-electron chi connectivity index (χ3n) is 14.0. The van der Waals surface area contributed by atoms with Gasteiger partial charge in [-0.3, -0.25) is 9.13 Å². The SMILES string of the molecule is CCCCOCc1cc(-c2ccc(-c3ccc(P(=O)(OCC)OCC)s3)s2)sc1-c1ccc(-c2ccc(C(=O)OCc3cccc(COC(=O)c4ccc(-c5ccc(-c6sc(-c7ccc(-c8ccc(P(=O)(OCC)OCC)s8)s7)cc6COCCCC)s5)s4)c3)s2)s1. The zero-order valence-electron chi connectivity index (χ0n) is 51.5. The van der Waals surface area contributed by atoms with Crippen LogP contribution in [0.4, 0.5) is 0 Å². The topological polar surface area (TPSA) is 142 Å². The fraction of sp³-hybridized carbons (Fsp3) is 0.294. The Labute approximate surface area is 577 Å². The highest BCUT2D eigenvalue weighted by atomic mass is 32.1. The number of esters is 2. The first kappa shape index (κ1) is 68.8. The minimum Gasteiger partial charge on any atom is -0.457 e. The summed E-state index contributed by atoms with van der Waals surface area (Å²) in [7, 11) is -6.76. The number of ether oxygens (including phenoxy) is 4. The molecule has 24 heteroatoms. The number of rotatable bonds is 34. The van der Waals surface area contributed by atoms with Gasteiger partial charge in [0.15, 0.2) is 0 Å². The summed E-state index contributed by atoms with van der Waals surface area (Å²) >= 11 is 16.0. The molecule has 92 heavy (non-hydrogen) atoms. The van der Waals surface area contributed by atoms with E-state index in [9.17, 15) is 18.7 Å². The molecule has 0 bridgehead atoms. The smallest absolute Gasteiger partial charge is 0.371 e. The lowest BCUT2D eigenvalue weighted by molar-refractivity contribution is 0.0477. The van der Waals surface area contributed by atoms with Crippen molar-refractivity contribution in [1.82, 2.24) is 0 Å². The predicted octanol–water partition coefficient (Wildman–Crippen LogP) is 22.8. The van der Waals surface area contributed by atoms with E-state index < -0.39 is 27.1 Å². The minimum atomic E-state index is -3.38. The van der Waals surface area contributed by atoms with Gasteiger partial charge in [-0.05, 0) is 178 Å². The maximum absolute atomic E-state index is 13.5. The van der Waals surface area contributed by atoms with Crippen LogP contribution in [0.15, 0.2) is 133 Å². The summed E-state index contributed by atoms with van der Waals surface area (Å²) in [6.07, 6.45) is 4.10. The van der Waals surface area contributed by atoms with E-state index in [0.29, 0.717) is 71.8 Å². The van der Waals surface area contributed by atoms with Crippen LogP contribution in [0, 0.1) is 0 Å². The van der Waals surface area contributed by atoms with E-state index in [1.807, 2.05) is 100 Å². The van der Waals surface area contributed by atoms with Gasteiger partial charge in [0, 0.05) is 81.5 Å². The summed E-state index contributed by atoms with van der Waals surface area (Å²) in [6.45, 7) is 15.3. The van der Waals surface area contributed by atoms with Crippen molar-refractivity contribution in [3.8, 4) is 78.0 Å². The Bertz CT molecular complexity index is 4060. The highest BCUT2D eigenvalue weighted by molar-refractivity contribution is 7.69. The molecule has 0 atom stereocenters. The molecule has 0 saturated carbocycles. The highest BCUT2D eigenvalue weighted by Crippen LogP contribution is 2.53. The fourth-order valence-corrected chi connectivity index (χ4v) is 24.7. The second-order valence-corrected chi connectivity index (χ2v) is 36.0. The monoisotopic (exact) mass is 1460 g/mol. The van der Waals surface area contributed by atoms with Crippen LogP contribution in [0.5, 0.6) is 0 Å². The van der Waals surface area contributed by atoms with Gasteiger partial charge in [-0.15, -0.1) is 113 Å². The maximum atomic E-state index is 13.5. The van der Waals surface area contributed by atoms with Crippen molar-refractivity contribution in [2.75, 3.05) is 39.6 Å². The minimum absolute atomic E-state index is 0.0601. The molecule has 12 nitrogen and oxygen atoms in total. The number of unbranched alkanes of at least 4 members (excludes halogenated alkanes) is 2. The maximum Gasteiger partial charge on any atom is 0.371 e. The average Bonchev–Trinajstić information content (AvgIpc) is 1.67. The van der Waals surface area contributed by atoms with Crippen LogP contribution < -0.4 is 9.24 Å². The molecule has 0 unspecified atom stereocenters. The van der Waals surface area contributed by atoms with Gasteiger partial charge in [0.05, 0.1) is 49.4 Å². The molecule has 0 spiro atoms. The average molecular weight is 1460 g/mol. The molecule has 0 saturated heterocycles. The largest absolute Gasteiger partial charge is 0.457 e. The number of carbonyl (C=O) groups excluding carboxylic acids is 2. The van der Waals surface area contributed by atoms with Gasteiger partial charge in [-0.2, -0.15) is 0 Å². The molecule has 0 fully saturated rings. The van der Waals surface area contributed by atoms with E-state index in [4.69, 9.17) is 37.0 Å². The fourth-order valence-electron chi connectivity index (χ4n) is 9.61. The van der Waals surface area contributed by atoms with E-state index in [0.717, 1.165) is 126 Å². The van der Waals surface area contributed by atoms with Gasteiger partial charge in [0.2, 0.25) is 0 Å². The van der Waals surface area contributed by atoms with Crippen molar-refractivity contribution in [3.63, 3.8) is 0 Å². The summed E-state index contributed by atoms with van der Waals surface area (Å²) in [5.74, 6) is -0.817. The standard InChI is InChI=1S/C68H68O12P2S10/c1-7-13-34-73-41-45-37-61(55-20-18-51(83-55)53-30-32-63(89-53)81(71,77-9-3)78-10-4)91-65(45)57-26-22-47(85-57)49-24-28-59(87-49)67(69)75-39-43-16-15-17-44(36-43)40-76-68(70)60-29-25-50(88-60)48-23-27-58(86-48)66-46(42-74-35-14-8-2)38-62(92-66)56-21-19-52(84-56)54-31-33-64(90-54)82(72,79-11-5)80-12-6/h15-33,36-38H,7-14,34-35,39-42H2,1-6H3. The summed E-state index contributed by atoms with van der Waals surface area (Å²) in [6, 6.07) is 44.4. The molecule has 0 amide bonds. The molecule has 10 heterocycles. The molecule has 0 N–H and O–H groups in total. The predicted molar refractivity (Wildman–Crippen MR) is 390 cm³/mol. The van der Waals surface area contributed by atoms with Crippen LogP contribution in [0.2, 0.25) is 0 Å². The summed E-state index contributed by atoms with van der Waals surface area (Å²) in [4.78, 5) is 45.5. The van der Waals surface area contributed by atoms with Crippen molar-refractivity contribution in [2.45, 2.75) is 93.7 Å². The van der Waals surface area contributed by atoms with Gasteiger partial charge in [-0.25, -0.2) is 9.59 Å². The van der Waals surface area contributed by atoms with Crippen molar-refractivity contribution < 1.29 is 55.8 Å². The van der Waals surface area contributed by atoms with E-state index >= 15 is 0 Å². The molecular formula is C68H68O12P2S10. The van der Waals surface area contributed by atoms with Gasteiger partial charge >= 0.3 is 27.1 Å². The van der Waals surface area contributed by atoms with Crippen molar-refractivity contribution in [1.29, 1.82) is 0 Å². The molecule has 482 valence electrons. The van der Waals surface area contributed by atoms with Crippen LogP contribution in [-0.2, 0) is 72.6 Å². The number of hydrogen-bond acceptors (Lipinski definition) is 22. The Balaban J connectivity index is 0.697. The third kappa shape index (κ3) is 16.6. The van der Waals surface area contributed by atoms with Crippen LogP contribution in [0.3, 0.4) is 0 Å². The van der Waals surface area contributed by atoms with Crippen LogP contribution in [0.25, 0.3) is 78.0 Å². The van der Waals surface area contributed by atoms with Crippen molar-refractivity contribution >= 4 is 150 Å². The molecule has 11 aromatic rings. The zero-order chi connectivity index (χ0) is 64.2. The van der Waals surface area contributed by atoms with Crippen molar-refractivity contribution in [3.05, 3.63) is 165 Å². The lowest BCUT2D eigenvalue weighted by Crippen LogP contribution is -2.06. The van der Waals surface area contributed by atoms with Gasteiger partial charge in [0.25, 0.3) is 0 Å². The number of thiophene rings is 10. The lowest BCUT2D eigenvalue weighted by atomic mass is 10.1. The normalized spacial score (nSPS) is 12.0. The molecule has 11 rings (SSSR count). The Hall–Kier alpha value is -4.62. The zero-order valence-corrected chi connectivity index (χ0v) is 61.4. The quantitative estimate of drug-likeness (QED) is 0.0215. The second kappa shape index (κ2) is 32.4. The van der Waals surface area contributed by atoms with E-state index in [2.05, 4.69) is 74.5 Å². The first-order valence-corrected chi connectivity index (χ1v) is 41.5. The molecule has 0 radical (unpaired) electrons. The molecule has 10 aromatic heterocycles. The highest BCUT2D eigenvalue weighted by Gasteiger charge is 2.31. The molecule has 1 aromatic carbocycles. The van der Waals surface area contributed by atoms with Crippen LogP contribution in [-0.4, -0.2) is 51.6 Å². The summed E-state index contributed by atoms with van der Waals surface area (Å²) < 4.78 is 74.8.